The van der Waals surface area contributed by atoms with Crippen LogP contribution in [0.4, 0.5) is 0 Å². The number of carbonyl (C=O) groups is 2. The van der Waals surface area contributed by atoms with E-state index in [4.69, 9.17) is 5.11 Å². The second-order valence-electron chi connectivity index (χ2n) is 4.90. The summed E-state index contributed by atoms with van der Waals surface area (Å²) >= 11 is 0. The van der Waals surface area contributed by atoms with Crippen LogP contribution in [0.3, 0.4) is 0 Å². The Morgan fingerprint density at radius 1 is 1.42 bits per heavy atom. The van der Waals surface area contributed by atoms with Crippen LogP contribution >= 0.6 is 0 Å². The molecule has 1 N–H and O–H groups in total. The monoisotopic (exact) mass is 267 g/mol. The van der Waals surface area contributed by atoms with E-state index in [1.165, 1.54) is 11.8 Å². The Morgan fingerprint density at radius 2 is 2.05 bits per heavy atom. The zero-order valence-electron chi connectivity index (χ0n) is 11.8. The predicted molar refractivity (Wildman–Crippen MR) is 70.9 cm³/mol. The Kier molecular flexibility index (Phi) is 5.09. The number of rotatable bonds is 6. The Balaban J connectivity index is 2.98. The third-order valence-electron chi connectivity index (χ3n) is 2.90. The average molecular weight is 267 g/mol. The number of amides is 1. The van der Waals surface area contributed by atoms with Gasteiger partial charge in [0.15, 0.2) is 0 Å². The van der Waals surface area contributed by atoms with Crippen LogP contribution in [0.25, 0.3) is 0 Å². The molecule has 6 nitrogen and oxygen atoms in total. The minimum absolute atomic E-state index is 0.296. The first kappa shape index (κ1) is 15.2. The van der Waals surface area contributed by atoms with Crippen LogP contribution in [-0.4, -0.2) is 44.3 Å². The summed E-state index contributed by atoms with van der Waals surface area (Å²) in [6, 6.07) is 0.780. The van der Waals surface area contributed by atoms with E-state index >= 15 is 0 Å². The van der Waals surface area contributed by atoms with Crippen LogP contribution in [0, 0.1) is 5.92 Å². The first-order valence-corrected chi connectivity index (χ1v) is 6.44. The maximum absolute atomic E-state index is 12.4. The van der Waals surface area contributed by atoms with Gasteiger partial charge in [-0.3, -0.25) is 9.48 Å². The second kappa shape index (κ2) is 6.36. The highest BCUT2D eigenvalue weighted by Crippen LogP contribution is 2.10. The molecule has 0 saturated carbocycles. The van der Waals surface area contributed by atoms with Gasteiger partial charge in [-0.15, -0.1) is 0 Å². The molecule has 1 unspecified atom stereocenters. The van der Waals surface area contributed by atoms with Gasteiger partial charge in [-0.25, -0.2) is 4.79 Å². The minimum atomic E-state index is -1.01. The molecule has 0 aromatic carbocycles. The van der Waals surface area contributed by atoms with E-state index in [9.17, 15) is 9.59 Å². The quantitative estimate of drug-likeness (QED) is 0.847. The smallest absolute Gasteiger partial charge is 0.326 e. The van der Waals surface area contributed by atoms with Gasteiger partial charge in [0.25, 0.3) is 5.91 Å². The first-order valence-electron chi connectivity index (χ1n) is 6.44. The molecule has 1 atom stereocenters. The van der Waals surface area contributed by atoms with Crippen molar-refractivity contribution in [1.29, 1.82) is 0 Å². The molecule has 106 valence electrons. The van der Waals surface area contributed by atoms with Crippen LogP contribution in [0.15, 0.2) is 12.3 Å². The summed E-state index contributed by atoms with van der Waals surface area (Å²) in [5.41, 5.74) is 0.434. The van der Waals surface area contributed by atoms with E-state index in [1.54, 1.807) is 23.9 Å². The molecule has 19 heavy (non-hydrogen) atoms. The Bertz CT molecular complexity index is 454. The number of carboxylic acid groups (broad SMARTS) is 1. The molecule has 0 radical (unpaired) electrons. The Labute approximate surface area is 113 Å². The molecule has 1 aromatic rings. The fraction of sp³-hybridized carbons (Fsp3) is 0.615. The van der Waals surface area contributed by atoms with E-state index < -0.39 is 12.0 Å². The van der Waals surface area contributed by atoms with E-state index in [0.29, 0.717) is 24.7 Å². The molecule has 1 rings (SSSR count). The van der Waals surface area contributed by atoms with Gasteiger partial charge in [-0.05, 0) is 25.8 Å². The van der Waals surface area contributed by atoms with Crippen molar-refractivity contribution in [1.82, 2.24) is 14.7 Å². The van der Waals surface area contributed by atoms with E-state index in [-0.39, 0.29) is 5.91 Å². The number of hydrogen-bond donors (Lipinski definition) is 1. The highest BCUT2D eigenvalue weighted by atomic mass is 16.4. The number of hydrogen-bond acceptors (Lipinski definition) is 3. The van der Waals surface area contributed by atoms with Crippen molar-refractivity contribution in [3.05, 3.63) is 18.0 Å². The molecule has 0 saturated heterocycles. The van der Waals surface area contributed by atoms with Crippen LogP contribution in [0.2, 0.25) is 0 Å². The fourth-order valence-corrected chi connectivity index (χ4v) is 1.88. The summed E-state index contributed by atoms with van der Waals surface area (Å²) in [4.78, 5) is 24.7. The maximum atomic E-state index is 12.4. The van der Waals surface area contributed by atoms with Gasteiger partial charge in [0.1, 0.15) is 11.7 Å². The average Bonchev–Trinajstić information content (AvgIpc) is 2.76. The molecule has 0 aliphatic heterocycles. The zero-order chi connectivity index (χ0) is 14.6. The molecule has 6 heteroatoms. The fourth-order valence-electron chi connectivity index (χ4n) is 1.88. The topological polar surface area (TPSA) is 75.4 Å². The summed E-state index contributed by atoms with van der Waals surface area (Å²) in [6.45, 7) is 8.32. The number of aliphatic carboxylic acids is 1. The van der Waals surface area contributed by atoms with Crippen molar-refractivity contribution in [3.63, 3.8) is 0 Å². The number of carbonyl (C=O) groups excluding carboxylic acids is 1. The first-order chi connectivity index (χ1) is 8.88. The van der Waals surface area contributed by atoms with Gasteiger partial charge < -0.3 is 10.0 Å². The molecule has 1 heterocycles. The van der Waals surface area contributed by atoms with Crippen molar-refractivity contribution in [2.75, 3.05) is 6.54 Å². The molecular weight excluding hydrogens is 246 g/mol. The highest BCUT2D eigenvalue weighted by molar-refractivity contribution is 5.95. The molecule has 0 bridgehead atoms. The predicted octanol–water partition coefficient (Wildman–Crippen LogP) is 1.47. The summed E-state index contributed by atoms with van der Waals surface area (Å²) in [6.07, 6.45) is 1.56. The van der Waals surface area contributed by atoms with Crippen LogP contribution in [-0.2, 0) is 11.3 Å². The normalized spacial score (nSPS) is 12.5. The lowest BCUT2D eigenvalue weighted by Gasteiger charge is -2.25. The van der Waals surface area contributed by atoms with Gasteiger partial charge in [0.2, 0.25) is 0 Å². The van der Waals surface area contributed by atoms with Crippen molar-refractivity contribution in [3.8, 4) is 0 Å². The lowest BCUT2D eigenvalue weighted by Crippen LogP contribution is -2.43. The van der Waals surface area contributed by atoms with Crippen molar-refractivity contribution in [2.45, 2.75) is 40.3 Å². The maximum Gasteiger partial charge on any atom is 0.326 e. The molecule has 1 aromatic heterocycles. The largest absolute Gasteiger partial charge is 0.480 e. The van der Waals surface area contributed by atoms with Gasteiger partial charge in [-0.2, -0.15) is 5.10 Å². The van der Waals surface area contributed by atoms with Crippen molar-refractivity contribution < 1.29 is 14.7 Å². The molecule has 0 spiro atoms. The highest BCUT2D eigenvalue weighted by Gasteiger charge is 2.27. The van der Waals surface area contributed by atoms with Gasteiger partial charge in [0, 0.05) is 19.3 Å². The number of likely N-dealkylation sites (N-methyl/N-ethyl adjacent to an activating group) is 1. The molecule has 1 amide bonds. The number of nitrogens with zero attached hydrogens (tertiary/aromatic N) is 3. The van der Waals surface area contributed by atoms with Crippen LogP contribution in [0.1, 0.15) is 38.2 Å². The third-order valence-corrected chi connectivity index (χ3v) is 2.90. The summed E-state index contributed by atoms with van der Waals surface area (Å²) < 4.78 is 1.63. The molecule has 0 fully saturated rings. The van der Waals surface area contributed by atoms with Crippen molar-refractivity contribution >= 4 is 11.9 Å². The standard InChI is InChI=1S/C13H21N3O3/c1-5-15(10(4)13(18)19)12(17)11-6-7-14-16(11)8-9(2)3/h6-7,9-10H,5,8H2,1-4H3,(H,18,19). The molecule has 0 aliphatic carbocycles. The van der Waals surface area contributed by atoms with Crippen LogP contribution in [0.5, 0.6) is 0 Å². The summed E-state index contributed by atoms with van der Waals surface area (Å²) in [7, 11) is 0. The van der Waals surface area contributed by atoms with Crippen molar-refractivity contribution in [2.24, 2.45) is 5.92 Å². The van der Waals surface area contributed by atoms with E-state index in [1.807, 2.05) is 13.8 Å². The van der Waals surface area contributed by atoms with Gasteiger partial charge >= 0.3 is 5.97 Å². The van der Waals surface area contributed by atoms with E-state index in [2.05, 4.69) is 5.10 Å². The van der Waals surface area contributed by atoms with Gasteiger partial charge in [-0.1, -0.05) is 13.8 Å². The summed E-state index contributed by atoms with van der Waals surface area (Å²) in [5, 5.41) is 13.1. The Morgan fingerprint density at radius 3 is 2.53 bits per heavy atom. The minimum Gasteiger partial charge on any atom is -0.480 e. The lowest BCUT2D eigenvalue weighted by molar-refractivity contribution is -0.141. The van der Waals surface area contributed by atoms with Gasteiger partial charge in [0.05, 0.1) is 0 Å². The van der Waals surface area contributed by atoms with Crippen LogP contribution < -0.4 is 0 Å². The van der Waals surface area contributed by atoms with E-state index in [0.717, 1.165) is 0 Å². The summed E-state index contributed by atoms with van der Waals surface area (Å²) in [5.74, 6) is -0.945. The third kappa shape index (κ3) is 3.56. The molecule has 0 aliphatic rings. The lowest BCUT2D eigenvalue weighted by atomic mass is 10.2. The number of carboxylic acids is 1. The second-order valence-corrected chi connectivity index (χ2v) is 4.90. The zero-order valence-corrected chi connectivity index (χ0v) is 11.8. The number of aromatic nitrogens is 2. The Hall–Kier alpha value is -1.85. The molecular formula is C13H21N3O3. The SMILES string of the molecule is CCN(C(=O)c1ccnn1CC(C)C)C(C)C(=O)O.